The average Bonchev–Trinajstić information content (AvgIpc) is 2.18. The number of hydrogen-bond donors (Lipinski definition) is 1. The zero-order valence-electron chi connectivity index (χ0n) is 9.36. The van der Waals surface area contributed by atoms with Crippen molar-refractivity contribution in [3.8, 4) is 5.75 Å². The van der Waals surface area contributed by atoms with Gasteiger partial charge in [-0.25, -0.2) is 8.42 Å². The summed E-state index contributed by atoms with van der Waals surface area (Å²) in [6, 6.07) is 5.11. The van der Waals surface area contributed by atoms with Gasteiger partial charge < -0.3 is 10.1 Å². The third-order valence-corrected chi connectivity index (χ3v) is 4.11. The van der Waals surface area contributed by atoms with Gasteiger partial charge in [0.2, 0.25) is 0 Å². The van der Waals surface area contributed by atoms with Crippen LogP contribution in [0, 0.1) is 0 Å². The highest BCUT2D eigenvalue weighted by Gasteiger charge is 2.25. The Morgan fingerprint density at radius 2 is 2.12 bits per heavy atom. The number of benzene rings is 1. The van der Waals surface area contributed by atoms with Crippen LogP contribution in [0.3, 0.4) is 0 Å². The van der Waals surface area contributed by atoms with E-state index in [2.05, 4.69) is 5.32 Å². The topological polar surface area (TPSA) is 55.4 Å². The van der Waals surface area contributed by atoms with Gasteiger partial charge in [-0.2, -0.15) is 0 Å². The number of anilines is 1. The molecule has 0 atom stereocenters. The first-order valence-electron chi connectivity index (χ1n) is 5.27. The number of ether oxygens (including phenoxy) is 1. The molecule has 1 aromatic carbocycles. The second-order valence-electron chi connectivity index (χ2n) is 4.04. The van der Waals surface area contributed by atoms with E-state index in [9.17, 15) is 8.42 Å². The van der Waals surface area contributed by atoms with Crippen LogP contribution in [0.5, 0.6) is 5.75 Å². The number of sulfone groups is 1. The molecule has 1 N–H and O–H groups in total. The Hall–Kier alpha value is -1.23. The fraction of sp³-hybridized carbons (Fsp3) is 0.455. The van der Waals surface area contributed by atoms with E-state index in [-0.39, 0.29) is 11.9 Å². The van der Waals surface area contributed by atoms with Gasteiger partial charge >= 0.3 is 0 Å². The average molecular weight is 241 g/mol. The van der Waals surface area contributed by atoms with Crippen molar-refractivity contribution in [3.63, 3.8) is 0 Å². The molecule has 0 aliphatic carbocycles. The van der Waals surface area contributed by atoms with Crippen LogP contribution in [0.1, 0.15) is 13.8 Å². The lowest BCUT2D eigenvalue weighted by Crippen LogP contribution is -2.24. The predicted octanol–water partition coefficient (Wildman–Crippen LogP) is 1.67. The van der Waals surface area contributed by atoms with Gasteiger partial charge in [0.15, 0.2) is 9.84 Å². The smallest absolute Gasteiger partial charge is 0.182 e. The molecule has 0 bridgehead atoms. The summed E-state index contributed by atoms with van der Waals surface area (Å²) in [7, 11) is -3.14. The maximum atomic E-state index is 11.8. The Bertz CT molecular complexity index is 494. The van der Waals surface area contributed by atoms with E-state index in [4.69, 9.17) is 4.74 Å². The molecule has 2 rings (SSSR count). The number of para-hydroxylation sites is 1. The minimum atomic E-state index is -3.14. The summed E-state index contributed by atoms with van der Waals surface area (Å²) in [4.78, 5) is 0.344. The lowest BCUT2D eigenvalue weighted by Gasteiger charge is -2.22. The molecule has 1 heterocycles. The molecular formula is C11H15NO3S. The van der Waals surface area contributed by atoms with Gasteiger partial charge in [-0.3, -0.25) is 0 Å². The van der Waals surface area contributed by atoms with Crippen molar-refractivity contribution in [1.82, 2.24) is 0 Å². The van der Waals surface area contributed by atoms with Crippen molar-refractivity contribution in [1.29, 1.82) is 0 Å². The highest BCUT2D eigenvalue weighted by molar-refractivity contribution is 7.91. The minimum Gasteiger partial charge on any atom is -0.489 e. The second-order valence-corrected chi connectivity index (χ2v) is 6.12. The molecule has 88 valence electrons. The van der Waals surface area contributed by atoms with E-state index in [0.717, 1.165) is 0 Å². The van der Waals surface area contributed by atoms with Crippen LogP contribution in [0.4, 0.5) is 5.69 Å². The molecule has 0 saturated heterocycles. The molecule has 0 fully saturated rings. The predicted molar refractivity (Wildman–Crippen MR) is 62.7 cm³/mol. The lowest BCUT2D eigenvalue weighted by molar-refractivity contribution is 0.243. The largest absolute Gasteiger partial charge is 0.489 e. The molecule has 0 saturated carbocycles. The zero-order chi connectivity index (χ0) is 11.8. The lowest BCUT2D eigenvalue weighted by atomic mass is 10.2. The van der Waals surface area contributed by atoms with Crippen molar-refractivity contribution in [2.75, 3.05) is 17.6 Å². The van der Waals surface area contributed by atoms with Crippen molar-refractivity contribution < 1.29 is 13.2 Å². The molecular weight excluding hydrogens is 226 g/mol. The van der Waals surface area contributed by atoms with Gasteiger partial charge in [-0.05, 0) is 26.0 Å². The second kappa shape index (κ2) is 3.97. The maximum Gasteiger partial charge on any atom is 0.182 e. The quantitative estimate of drug-likeness (QED) is 0.855. The van der Waals surface area contributed by atoms with E-state index in [1.165, 1.54) is 0 Å². The van der Waals surface area contributed by atoms with E-state index in [1.807, 2.05) is 13.8 Å². The van der Waals surface area contributed by atoms with E-state index < -0.39 is 9.84 Å². The van der Waals surface area contributed by atoms with E-state index >= 15 is 0 Å². The van der Waals surface area contributed by atoms with E-state index in [0.29, 0.717) is 22.9 Å². The third kappa shape index (κ3) is 2.00. The number of rotatable bonds is 2. The van der Waals surface area contributed by atoms with Crippen LogP contribution < -0.4 is 10.1 Å². The summed E-state index contributed by atoms with van der Waals surface area (Å²) in [5.74, 6) is 0.751. The Kier molecular flexibility index (Phi) is 2.80. The van der Waals surface area contributed by atoms with Gasteiger partial charge in [0.1, 0.15) is 5.75 Å². The first-order chi connectivity index (χ1) is 7.50. The van der Waals surface area contributed by atoms with Crippen LogP contribution in [0.15, 0.2) is 23.1 Å². The van der Waals surface area contributed by atoms with Crippen LogP contribution in [0.25, 0.3) is 0 Å². The van der Waals surface area contributed by atoms with Crippen molar-refractivity contribution in [2.45, 2.75) is 24.8 Å². The Labute approximate surface area is 95.5 Å². The first-order valence-corrected chi connectivity index (χ1v) is 6.92. The number of fused-ring (bicyclic) bond motifs is 1. The molecule has 1 aliphatic rings. The summed E-state index contributed by atoms with van der Waals surface area (Å²) in [6.45, 7) is 4.27. The highest BCUT2D eigenvalue weighted by atomic mass is 32.2. The molecule has 1 aromatic rings. The molecule has 4 nitrogen and oxygen atoms in total. The standard InChI is InChI=1S/C11H15NO3S/c1-8(2)15-9-4-3-5-10-11(9)12-6-7-16(10,13)14/h3-5,8,12H,6-7H2,1-2H3. The highest BCUT2D eigenvalue weighted by Crippen LogP contribution is 2.35. The molecule has 0 amide bonds. The fourth-order valence-corrected chi connectivity index (χ4v) is 3.08. The Morgan fingerprint density at radius 1 is 1.38 bits per heavy atom. The fourth-order valence-electron chi connectivity index (χ4n) is 1.72. The van der Waals surface area contributed by atoms with Crippen LogP contribution in [-0.2, 0) is 9.84 Å². The van der Waals surface area contributed by atoms with Crippen molar-refractivity contribution >= 4 is 15.5 Å². The van der Waals surface area contributed by atoms with Gasteiger partial charge in [0.25, 0.3) is 0 Å². The summed E-state index contributed by atoms with van der Waals surface area (Å²) >= 11 is 0. The minimum absolute atomic E-state index is 0.0259. The Morgan fingerprint density at radius 3 is 2.81 bits per heavy atom. The summed E-state index contributed by atoms with van der Waals surface area (Å²) < 4.78 is 29.2. The summed E-state index contributed by atoms with van der Waals surface area (Å²) in [6.07, 6.45) is 0.0259. The molecule has 0 radical (unpaired) electrons. The van der Waals surface area contributed by atoms with Crippen LogP contribution >= 0.6 is 0 Å². The zero-order valence-corrected chi connectivity index (χ0v) is 10.2. The van der Waals surface area contributed by atoms with Crippen LogP contribution in [0.2, 0.25) is 0 Å². The van der Waals surface area contributed by atoms with Gasteiger partial charge in [0.05, 0.1) is 22.4 Å². The summed E-state index contributed by atoms with van der Waals surface area (Å²) in [5, 5.41) is 3.09. The summed E-state index contributed by atoms with van der Waals surface area (Å²) in [5.41, 5.74) is 0.599. The molecule has 16 heavy (non-hydrogen) atoms. The molecule has 5 heteroatoms. The molecule has 0 aromatic heterocycles. The third-order valence-electron chi connectivity index (χ3n) is 2.36. The first kappa shape index (κ1) is 11.3. The van der Waals surface area contributed by atoms with Gasteiger partial charge in [-0.1, -0.05) is 6.07 Å². The van der Waals surface area contributed by atoms with Crippen LogP contribution in [-0.4, -0.2) is 26.8 Å². The number of hydrogen-bond acceptors (Lipinski definition) is 4. The maximum absolute atomic E-state index is 11.8. The molecule has 0 spiro atoms. The normalized spacial score (nSPS) is 17.7. The van der Waals surface area contributed by atoms with Gasteiger partial charge in [-0.15, -0.1) is 0 Å². The van der Waals surface area contributed by atoms with E-state index in [1.54, 1.807) is 18.2 Å². The Balaban J connectivity index is 2.51. The SMILES string of the molecule is CC(C)Oc1cccc2c1NCCS2(=O)=O. The van der Waals surface area contributed by atoms with Gasteiger partial charge in [0, 0.05) is 6.54 Å². The van der Waals surface area contributed by atoms with Crippen molar-refractivity contribution in [2.24, 2.45) is 0 Å². The van der Waals surface area contributed by atoms with Crippen molar-refractivity contribution in [3.05, 3.63) is 18.2 Å². The monoisotopic (exact) mass is 241 g/mol. The molecule has 1 aliphatic heterocycles. The number of nitrogens with one attached hydrogen (secondary N) is 1. The molecule has 0 unspecified atom stereocenters.